The Morgan fingerprint density at radius 1 is 1.06 bits per heavy atom. The van der Waals surface area contributed by atoms with Crippen molar-refractivity contribution < 1.29 is 14.3 Å². The predicted octanol–water partition coefficient (Wildman–Crippen LogP) is 6.00. The molecule has 0 spiro atoms. The quantitative estimate of drug-likeness (QED) is 0.378. The minimum Gasteiger partial charge on any atom is -0.493 e. The maximum Gasteiger partial charge on any atom is 0.262 e. The number of methoxy groups -OCH3 is 1. The molecule has 0 bridgehead atoms. The highest BCUT2D eigenvalue weighted by molar-refractivity contribution is 7.80. The predicted molar refractivity (Wildman–Crippen MR) is 145 cm³/mol. The average molecular weight is 509 g/mol. The summed E-state index contributed by atoms with van der Waals surface area (Å²) in [6.07, 6.45) is 3.29. The van der Waals surface area contributed by atoms with Crippen molar-refractivity contribution in [3.63, 3.8) is 0 Å². The Morgan fingerprint density at radius 3 is 2.37 bits per heavy atom. The number of rotatable bonds is 8. The largest absolute Gasteiger partial charge is 0.493 e. The number of halogens is 1. The van der Waals surface area contributed by atoms with Gasteiger partial charge in [-0.05, 0) is 55.0 Å². The summed E-state index contributed by atoms with van der Waals surface area (Å²) in [7, 11) is 1.55. The van der Waals surface area contributed by atoms with E-state index in [1.807, 2.05) is 36.4 Å². The summed E-state index contributed by atoms with van der Waals surface area (Å²) in [5.41, 5.74) is 2.90. The molecular formula is C28H29ClN2O3S. The fraction of sp³-hybridized carbons (Fsp3) is 0.286. The van der Waals surface area contributed by atoms with E-state index >= 15 is 0 Å². The third kappa shape index (κ3) is 6.74. The first-order chi connectivity index (χ1) is 17.0. The number of thiocarbonyl (C=S) groups is 1. The second-order valence-corrected chi connectivity index (χ2v) is 9.41. The molecule has 1 N–H and O–H groups in total. The molecule has 1 amide bonds. The SMILES string of the molecule is COc1cc(C(=S)N2CCC(Cc3ccccc3)CC2)cc(Cl)c1OCC(=O)Nc1ccccc1. The van der Waals surface area contributed by atoms with Gasteiger partial charge < -0.3 is 19.7 Å². The van der Waals surface area contributed by atoms with E-state index < -0.39 is 0 Å². The molecule has 7 heteroatoms. The topological polar surface area (TPSA) is 50.8 Å². The lowest BCUT2D eigenvalue weighted by Gasteiger charge is -2.34. The molecule has 0 atom stereocenters. The Kier molecular flexibility index (Phi) is 8.61. The van der Waals surface area contributed by atoms with Crippen LogP contribution in [-0.2, 0) is 11.2 Å². The van der Waals surface area contributed by atoms with Crippen molar-refractivity contribution in [1.29, 1.82) is 0 Å². The summed E-state index contributed by atoms with van der Waals surface area (Å²) >= 11 is 12.3. The Labute approximate surface area is 217 Å². The number of anilines is 1. The van der Waals surface area contributed by atoms with Gasteiger partial charge in [-0.2, -0.15) is 0 Å². The first-order valence-corrected chi connectivity index (χ1v) is 12.5. The van der Waals surface area contributed by atoms with E-state index in [1.54, 1.807) is 13.2 Å². The van der Waals surface area contributed by atoms with Gasteiger partial charge in [-0.15, -0.1) is 0 Å². The third-order valence-corrected chi connectivity index (χ3v) is 6.93. The first kappa shape index (κ1) is 25.0. The average Bonchev–Trinajstić information content (AvgIpc) is 2.89. The zero-order valence-electron chi connectivity index (χ0n) is 19.7. The van der Waals surface area contributed by atoms with Gasteiger partial charge >= 0.3 is 0 Å². The van der Waals surface area contributed by atoms with Gasteiger partial charge in [0, 0.05) is 24.3 Å². The van der Waals surface area contributed by atoms with Crippen LogP contribution < -0.4 is 14.8 Å². The van der Waals surface area contributed by atoms with E-state index in [-0.39, 0.29) is 12.5 Å². The fourth-order valence-electron chi connectivity index (χ4n) is 4.31. The smallest absolute Gasteiger partial charge is 0.262 e. The summed E-state index contributed by atoms with van der Waals surface area (Å²) in [4.78, 5) is 15.3. The van der Waals surface area contributed by atoms with Crippen LogP contribution in [0.3, 0.4) is 0 Å². The van der Waals surface area contributed by atoms with Crippen molar-refractivity contribution in [1.82, 2.24) is 4.90 Å². The molecule has 0 saturated carbocycles. The molecule has 3 aromatic carbocycles. The van der Waals surface area contributed by atoms with Gasteiger partial charge in [-0.3, -0.25) is 4.79 Å². The van der Waals surface area contributed by atoms with Gasteiger partial charge in [0.1, 0.15) is 4.99 Å². The Balaban J connectivity index is 1.35. The molecule has 1 saturated heterocycles. The number of carbonyl (C=O) groups excluding carboxylic acids is 1. The number of likely N-dealkylation sites (tertiary alicyclic amines) is 1. The van der Waals surface area contributed by atoms with Crippen LogP contribution in [0.2, 0.25) is 5.02 Å². The number of hydrogen-bond donors (Lipinski definition) is 1. The number of nitrogens with one attached hydrogen (secondary N) is 1. The second-order valence-electron chi connectivity index (χ2n) is 8.62. The van der Waals surface area contributed by atoms with Crippen LogP contribution in [0.5, 0.6) is 11.5 Å². The van der Waals surface area contributed by atoms with E-state index in [2.05, 4.69) is 40.5 Å². The molecule has 1 aliphatic heterocycles. The molecule has 5 nitrogen and oxygen atoms in total. The number of benzene rings is 3. The number of para-hydroxylation sites is 1. The molecule has 0 aromatic heterocycles. The lowest BCUT2D eigenvalue weighted by Crippen LogP contribution is -2.38. The van der Waals surface area contributed by atoms with Gasteiger partial charge in [0.05, 0.1) is 12.1 Å². The van der Waals surface area contributed by atoms with Gasteiger partial charge in [-0.1, -0.05) is 72.3 Å². The monoisotopic (exact) mass is 508 g/mol. The van der Waals surface area contributed by atoms with Crippen LogP contribution in [0, 0.1) is 5.92 Å². The van der Waals surface area contributed by atoms with Crippen molar-refractivity contribution in [3.05, 3.63) is 88.9 Å². The number of nitrogens with zero attached hydrogens (tertiary/aromatic N) is 1. The molecule has 1 aliphatic rings. The summed E-state index contributed by atoms with van der Waals surface area (Å²) in [6.45, 7) is 1.63. The Morgan fingerprint density at radius 2 is 1.71 bits per heavy atom. The highest BCUT2D eigenvalue weighted by Gasteiger charge is 2.23. The minimum absolute atomic E-state index is 0.191. The van der Waals surface area contributed by atoms with E-state index in [0.717, 1.165) is 42.9 Å². The maximum atomic E-state index is 12.3. The molecule has 1 fully saturated rings. The fourth-order valence-corrected chi connectivity index (χ4v) is 4.88. The van der Waals surface area contributed by atoms with Crippen molar-refractivity contribution >= 4 is 40.4 Å². The summed E-state index contributed by atoms with van der Waals surface area (Å²) in [5.74, 6) is 1.14. The number of ether oxygens (including phenoxy) is 2. The molecule has 0 aliphatic carbocycles. The highest BCUT2D eigenvalue weighted by Crippen LogP contribution is 2.37. The molecule has 35 heavy (non-hydrogen) atoms. The van der Waals surface area contributed by atoms with Crippen molar-refractivity contribution in [2.45, 2.75) is 19.3 Å². The summed E-state index contributed by atoms with van der Waals surface area (Å²) < 4.78 is 11.2. The third-order valence-electron chi connectivity index (χ3n) is 6.15. The minimum atomic E-state index is -0.285. The second kappa shape index (κ2) is 12.0. The van der Waals surface area contributed by atoms with Gasteiger partial charge in [0.15, 0.2) is 18.1 Å². The molecular weight excluding hydrogens is 480 g/mol. The van der Waals surface area contributed by atoms with Gasteiger partial charge in [0.2, 0.25) is 0 Å². The zero-order chi connectivity index (χ0) is 24.6. The van der Waals surface area contributed by atoms with Crippen LogP contribution in [0.25, 0.3) is 0 Å². The van der Waals surface area contributed by atoms with Crippen LogP contribution >= 0.6 is 23.8 Å². The standard InChI is InChI=1S/C28H29ClN2O3S/c1-33-25-18-22(17-24(29)27(25)34-19-26(32)30-23-10-6-3-7-11-23)28(35)31-14-12-21(13-15-31)16-20-8-4-2-5-9-20/h2-11,17-18,21H,12-16,19H2,1H3,(H,30,32). The summed E-state index contributed by atoms with van der Waals surface area (Å²) in [5, 5.41) is 3.14. The lowest BCUT2D eigenvalue weighted by molar-refractivity contribution is -0.118. The molecule has 1 heterocycles. The van der Waals surface area contributed by atoms with Crippen LogP contribution in [0.4, 0.5) is 5.69 Å². The molecule has 0 radical (unpaired) electrons. The van der Waals surface area contributed by atoms with E-state index in [4.69, 9.17) is 33.3 Å². The normalized spacial score (nSPS) is 13.8. The summed E-state index contributed by atoms with van der Waals surface area (Å²) in [6, 6.07) is 23.5. The molecule has 4 rings (SSSR count). The molecule has 0 unspecified atom stereocenters. The molecule has 3 aromatic rings. The maximum absolute atomic E-state index is 12.3. The van der Waals surface area contributed by atoms with Crippen molar-refractivity contribution in [2.75, 3.05) is 32.1 Å². The van der Waals surface area contributed by atoms with E-state index in [0.29, 0.717) is 28.1 Å². The first-order valence-electron chi connectivity index (χ1n) is 11.7. The number of hydrogen-bond acceptors (Lipinski definition) is 4. The van der Waals surface area contributed by atoms with Crippen molar-refractivity contribution in [3.8, 4) is 11.5 Å². The van der Waals surface area contributed by atoms with Crippen LogP contribution in [0.1, 0.15) is 24.0 Å². The highest BCUT2D eigenvalue weighted by atomic mass is 35.5. The number of piperidine rings is 1. The van der Waals surface area contributed by atoms with Gasteiger partial charge in [-0.25, -0.2) is 0 Å². The number of amides is 1. The molecule has 182 valence electrons. The Hall–Kier alpha value is -3.09. The van der Waals surface area contributed by atoms with Crippen molar-refractivity contribution in [2.24, 2.45) is 5.92 Å². The van der Waals surface area contributed by atoms with Crippen LogP contribution in [0.15, 0.2) is 72.8 Å². The lowest BCUT2D eigenvalue weighted by atomic mass is 9.90. The Bertz CT molecular complexity index is 1150. The van der Waals surface area contributed by atoms with E-state index in [1.165, 1.54) is 5.56 Å². The van der Waals surface area contributed by atoms with Gasteiger partial charge in [0.25, 0.3) is 5.91 Å². The van der Waals surface area contributed by atoms with E-state index in [9.17, 15) is 4.79 Å². The number of carbonyl (C=O) groups is 1. The van der Waals surface area contributed by atoms with Crippen LogP contribution in [-0.4, -0.2) is 42.6 Å². The zero-order valence-corrected chi connectivity index (χ0v) is 21.3.